The summed E-state index contributed by atoms with van der Waals surface area (Å²) in [5, 5.41) is 6.01. The minimum Gasteiger partial charge on any atom is -0.354 e. The minimum atomic E-state index is -0.141. The molecule has 2 saturated heterocycles. The zero-order chi connectivity index (χ0) is 15.3. The quantitative estimate of drug-likeness (QED) is 0.555. The van der Waals surface area contributed by atoms with Crippen molar-refractivity contribution in [1.29, 1.82) is 0 Å². The molecular formula is C16H22ClN3O3. The van der Waals surface area contributed by atoms with Crippen LogP contribution in [0.1, 0.15) is 12.8 Å². The molecule has 2 aliphatic heterocycles. The van der Waals surface area contributed by atoms with Crippen LogP contribution in [-0.2, 0) is 14.4 Å². The Bertz CT molecular complexity index is 529. The summed E-state index contributed by atoms with van der Waals surface area (Å²) in [6, 6.07) is 0. The van der Waals surface area contributed by atoms with E-state index in [2.05, 4.69) is 22.8 Å². The largest absolute Gasteiger partial charge is 0.354 e. The second-order valence-corrected chi connectivity index (χ2v) is 6.81. The van der Waals surface area contributed by atoms with Crippen LogP contribution in [0.2, 0.25) is 0 Å². The summed E-state index contributed by atoms with van der Waals surface area (Å²) in [5.74, 6) is 0.170. The summed E-state index contributed by atoms with van der Waals surface area (Å²) in [5.41, 5.74) is 0. The monoisotopic (exact) mass is 339 g/mol. The van der Waals surface area contributed by atoms with Gasteiger partial charge in [-0.1, -0.05) is 12.2 Å². The predicted octanol–water partition coefficient (Wildman–Crippen LogP) is -0.0590. The molecule has 5 unspecified atom stereocenters. The Morgan fingerprint density at radius 1 is 1.22 bits per heavy atom. The van der Waals surface area contributed by atoms with Crippen molar-refractivity contribution < 1.29 is 14.4 Å². The zero-order valence-electron chi connectivity index (χ0n) is 12.9. The third kappa shape index (κ3) is 2.58. The molecule has 0 aromatic carbocycles. The highest BCUT2D eigenvalue weighted by molar-refractivity contribution is 6.06. The van der Waals surface area contributed by atoms with Gasteiger partial charge in [-0.2, -0.15) is 0 Å². The van der Waals surface area contributed by atoms with Crippen molar-refractivity contribution in [3.05, 3.63) is 12.2 Å². The first-order valence-corrected chi connectivity index (χ1v) is 8.19. The molecule has 3 amide bonds. The van der Waals surface area contributed by atoms with Crippen molar-refractivity contribution in [2.75, 3.05) is 26.2 Å². The summed E-state index contributed by atoms with van der Waals surface area (Å²) in [7, 11) is 0. The van der Waals surface area contributed by atoms with Gasteiger partial charge in [-0.05, 0) is 31.2 Å². The van der Waals surface area contributed by atoms with Gasteiger partial charge in [0, 0.05) is 19.6 Å². The Kier molecular flexibility index (Phi) is 4.47. The van der Waals surface area contributed by atoms with Crippen LogP contribution in [0.15, 0.2) is 12.2 Å². The van der Waals surface area contributed by atoms with Gasteiger partial charge in [0.2, 0.25) is 17.7 Å². The fraction of sp³-hybridized carbons (Fsp3) is 0.688. The van der Waals surface area contributed by atoms with Gasteiger partial charge < -0.3 is 10.6 Å². The van der Waals surface area contributed by atoms with Crippen molar-refractivity contribution in [3.63, 3.8) is 0 Å². The van der Waals surface area contributed by atoms with Crippen molar-refractivity contribution in [2.24, 2.45) is 29.6 Å². The van der Waals surface area contributed by atoms with Crippen LogP contribution in [0, 0.1) is 29.6 Å². The molecule has 6 nitrogen and oxygen atoms in total. The lowest BCUT2D eigenvalue weighted by molar-refractivity contribution is -0.141. The number of amides is 3. The summed E-state index contributed by atoms with van der Waals surface area (Å²) < 4.78 is 0. The van der Waals surface area contributed by atoms with Gasteiger partial charge in [0.15, 0.2) is 0 Å². The molecule has 2 N–H and O–H groups in total. The molecule has 4 aliphatic rings. The van der Waals surface area contributed by atoms with E-state index < -0.39 is 0 Å². The Morgan fingerprint density at radius 3 is 2.43 bits per heavy atom. The van der Waals surface area contributed by atoms with Crippen LogP contribution in [-0.4, -0.2) is 48.8 Å². The molecule has 126 valence electrons. The van der Waals surface area contributed by atoms with Crippen LogP contribution in [0.25, 0.3) is 0 Å². The first kappa shape index (κ1) is 16.5. The third-order valence-electron chi connectivity index (χ3n) is 5.63. The molecule has 2 heterocycles. The molecule has 1 saturated carbocycles. The van der Waals surface area contributed by atoms with Gasteiger partial charge >= 0.3 is 0 Å². The van der Waals surface area contributed by atoms with E-state index in [-0.39, 0.29) is 59.7 Å². The number of hydrogen-bond acceptors (Lipinski definition) is 4. The number of nitrogens with zero attached hydrogens (tertiary/aromatic N) is 1. The van der Waals surface area contributed by atoms with Gasteiger partial charge in [0.1, 0.15) is 0 Å². The van der Waals surface area contributed by atoms with Crippen molar-refractivity contribution in [3.8, 4) is 0 Å². The molecular weight excluding hydrogens is 318 g/mol. The number of halogens is 1. The van der Waals surface area contributed by atoms with E-state index in [1.807, 2.05) is 0 Å². The molecule has 23 heavy (non-hydrogen) atoms. The lowest BCUT2D eigenvalue weighted by Crippen LogP contribution is -2.41. The Hall–Kier alpha value is -1.40. The van der Waals surface area contributed by atoms with E-state index in [1.165, 1.54) is 4.90 Å². The Labute approximate surface area is 141 Å². The van der Waals surface area contributed by atoms with Crippen LogP contribution >= 0.6 is 12.4 Å². The number of allylic oxidation sites excluding steroid dienone is 2. The number of carbonyl (C=O) groups excluding carboxylic acids is 3. The van der Waals surface area contributed by atoms with Crippen LogP contribution < -0.4 is 10.6 Å². The summed E-state index contributed by atoms with van der Waals surface area (Å²) in [6.07, 6.45) is 5.99. The molecule has 0 spiro atoms. The number of rotatable bonds is 4. The molecule has 2 aliphatic carbocycles. The minimum absolute atomic E-state index is 0. The highest BCUT2D eigenvalue weighted by atomic mass is 35.5. The fourth-order valence-electron chi connectivity index (χ4n) is 4.50. The average molecular weight is 340 g/mol. The maximum absolute atomic E-state index is 12.5. The van der Waals surface area contributed by atoms with Crippen LogP contribution in [0.4, 0.5) is 0 Å². The van der Waals surface area contributed by atoms with E-state index in [4.69, 9.17) is 0 Å². The number of imide groups is 1. The number of nitrogens with one attached hydrogen (secondary N) is 2. The van der Waals surface area contributed by atoms with E-state index in [1.54, 1.807) is 0 Å². The molecule has 2 bridgehead atoms. The standard InChI is InChI=1S/C16H21N3O3.ClH/c20-14(11-3-4-17-8-11)18-5-6-19-15(21)12-9-1-2-10(7-9)13(12)16(19)22;/h1-2,9-13,17H,3-8H2,(H,18,20);1H. The van der Waals surface area contributed by atoms with E-state index in [0.717, 1.165) is 19.4 Å². The molecule has 5 atom stereocenters. The number of likely N-dealkylation sites (tertiary alicyclic amines) is 1. The van der Waals surface area contributed by atoms with Gasteiger partial charge in [-0.3, -0.25) is 19.3 Å². The third-order valence-corrected chi connectivity index (χ3v) is 5.63. The summed E-state index contributed by atoms with van der Waals surface area (Å²) >= 11 is 0. The summed E-state index contributed by atoms with van der Waals surface area (Å²) in [4.78, 5) is 38.2. The lowest BCUT2D eigenvalue weighted by atomic mass is 9.85. The first-order valence-electron chi connectivity index (χ1n) is 8.19. The Morgan fingerprint density at radius 2 is 1.87 bits per heavy atom. The van der Waals surface area contributed by atoms with Gasteiger partial charge in [0.05, 0.1) is 17.8 Å². The molecule has 3 fully saturated rings. The van der Waals surface area contributed by atoms with Gasteiger partial charge in [0.25, 0.3) is 0 Å². The smallest absolute Gasteiger partial charge is 0.233 e. The van der Waals surface area contributed by atoms with Gasteiger partial charge in [-0.15, -0.1) is 12.4 Å². The highest BCUT2D eigenvalue weighted by Gasteiger charge is 2.58. The van der Waals surface area contributed by atoms with Crippen LogP contribution in [0.5, 0.6) is 0 Å². The zero-order valence-corrected chi connectivity index (χ0v) is 13.7. The Balaban J connectivity index is 0.00000156. The first-order chi connectivity index (χ1) is 10.7. The molecule has 0 radical (unpaired) electrons. The molecule has 0 aromatic rings. The molecule has 0 aromatic heterocycles. The van der Waals surface area contributed by atoms with E-state index in [0.29, 0.717) is 19.6 Å². The van der Waals surface area contributed by atoms with Gasteiger partial charge in [-0.25, -0.2) is 0 Å². The summed E-state index contributed by atoms with van der Waals surface area (Å²) in [6.45, 7) is 2.25. The molecule has 4 rings (SSSR count). The lowest BCUT2D eigenvalue weighted by Gasteiger charge is -2.18. The number of hydrogen-bond donors (Lipinski definition) is 2. The topological polar surface area (TPSA) is 78.5 Å². The fourth-order valence-corrected chi connectivity index (χ4v) is 4.50. The van der Waals surface area contributed by atoms with Crippen molar-refractivity contribution in [1.82, 2.24) is 15.5 Å². The van der Waals surface area contributed by atoms with E-state index >= 15 is 0 Å². The second-order valence-electron chi connectivity index (χ2n) is 6.81. The van der Waals surface area contributed by atoms with Crippen LogP contribution in [0.3, 0.4) is 0 Å². The number of fused-ring (bicyclic) bond motifs is 5. The highest BCUT2D eigenvalue weighted by Crippen LogP contribution is 2.52. The normalized spacial score (nSPS) is 37.2. The average Bonchev–Trinajstić information content (AvgIpc) is 3.27. The maximum Gasteiger partial charge on any atom is 0.233 e. The predicted molar refractivity (Wildman–Crippen MR) is 85.7 cm³/mol. The SMILES string of the molecule is Cl.O=C(NCCN1C(=O)C2C3C=CC(C3)C2C1=O)C1CCNC1. The van der Waals surface area contributed by atoms with Crippen molar-refractivity contribution in [2.45, 2.75) is 12.8 Å². The molecule has 7 heteroatoms. The number of carbonyl (C=O) groups is 3. The second kappa shape index (κ2) is 6.24. The maximum atomic E-state index is 12.5. The van der Waals surface area contributed by atoms with E-state index in [9.17, 15) is 14.4 Å². The van der Waals surface area contributed by atoms with Crippen molar-refractivity contribution >= 4 is 30.1 Å².